The van der Waals surface area contributed by atoms with E-state index in [4.69, 9.17) is 10.5 Å². The maximum absolute atomic E-state index is 9.74. The summed E-state index contributed by atoms with van der Waals surface area (Å²) in [5.74, 6) is 2.43. The number of hydrogen-bond acceptors (Lipinski definition) is 3. The predicted molar refractivity (Wildman–Crippen MR) is 110 cm³/mol. The summed E-state index contributed by atoms with van der Waals surface area (Å²) >= 11 is 0. The molecule has 0 aliphatic heterocycles. The number of ether oxygens (including phenoxy) is 1. The molecule has 1 saturated carbocycles. The van der Waals surface area contributed by atoms with Gasteiger partial charge in [0.2, 0.25) is 0 Å². The first-order valence-electron chi connectivity index (χ1n) is 10.6. The summed E-state index contributed by atoms with van der Waals surface area (Å²) in [7, 11) is 0. The average molecular weight is 362 g/mol. The van der Waals surface area contributed by atoms with Gasteiger partial charge in [-0.2, -0.15) is 0 Å². The highest BCUT2D eigenvalue weighted by atomic mass is 16.5. The van der Waals surface area contributed by atoms with Crippen LogP contribution in [0.4, 0.5) is 0 Å². The van der Waals surface area contributed by atoms with Crippen molar-refractivity contribution in [2.75, 3.05) is 6.61 Å². The summed E-state index contributed by atoms with van der Waals surface area (Å²) in [6, 6.07) is 8.41. The van der Waals surface area contributed by atoms with Crippen LogP contribution >= 0.6 is 0 Å². The number of hydrogen-bond donors (Lipinski definition) is 2. The molecule has 0 saturated heterocycles. The molecule has 1 aromatic rings. The van der Waals surface area contributed by atoms with Gasteiger partial charge >= 0.3 is 0 Å². The Kier molecular flexibility index (Phi) is 8.43. The summed E-state index contributed by atoms with van der Waals surface area (Å²) < 4.78 is 6.03. The minimum atomic E-state index is -0.425. The molecule has 2 rings (SSSR count). The van der Waals surface area contributed by atoms with Crippen molar-refractivity contribution in [1.29, 1.82) is 0 Å². The molecule has 0 aromatic heterocycles. The van der Waals surface area contributed by atoms with Gasteiger partial charge in [0.1, 0.15) is 5.75 Å². The van der Waals surface area contributed by atoms with Gasteiger partial charge in [-0.1, -0.05) is 51.7 Å². The highest BCUT2D eigenvalue weighted by Gasteiger charge is 2.30. The monoisotopic (exact) mass is 361 g/mol. The first kappa shape index (κ1) is 21.2. The molecule has 0 heterocycles. The van der Waals surface area contributed by atoms with Crippen LogP contribution in [0, 0.1) is 11.8 Å². The standard InChI is InChI=1S/C23H39NO2/c1-18(2)6-4-7-19(3)26-22-12-10-20(11-13-22)14-15-23(24,17-25)16-21-8-5-9-21/h10-13,18-19,21,25H,4-9,14-17,24H2,1-3H3/t19?,23-/m0/s1. The lowest BCUT2D eigenvalue weighted by molar-refractivity contribution is 0.135. The molecular weight excluding hydrogens is 322 g/mol. The normalized spacial score (nSPS) is 18.4. The van der Waals surface area contributed by atoms with E-state index in [1.54, 1.807) is 0 Å². The third kappa shape index (κ3) is 7.28. The molecule has 2 atom stereocenters. The Labute approximate surface area is 160 Å². The fourth-order valence-electron chi connectivity index (χ4n) is 3.75. The number of aliphatic hydroxyl groups excluding tert-OH is 1. The van der Waals surface area contributed by atoms with Crippen molar-refractivity contribution >= 4 is 0 Å². The molecule has 0 bridgehead atoms. The van der Waals surface area contributed by atoms with Gasteiger partial charge < -0.3 is 15.6 Å². The van der Waals surface area contributed by atoms with Crippen LogP contribution < -0.4 is 10.5 Å². The van der Waals surface area contributed by atoms with E-state index in [-0.39, 0.29) is 12.7 Å². The van der Waals surface area contributed by atoms with Crippen molar-refractivity contribution < 1.29 is 9.84 Å². The lowest BCUT2D eigenvalue weighted by Gasteiger charge is -2.35. The second-order valence-electron chi connectivity index (χ2n) is 8.92. The van der Waals surface area contributed by atoms with E-state index in [2.05, 4.69) is 45.0 Å². The number of rotatable bonds is 12. The van der Waals surface area contributed by atoms with Crippen molar-refractivity contribution in [3.05, 3.63) is 29.8 Å². The smallest absolute Gasteiger partial charge is 0.119 e. The molecule has 1 unspecified atom stereocenters. The van der Waals surface area contributed by atoms with E-state index in [0.717, 1.165) is 43.3 Å². The van der Waals surface area contributed by atoms with Crippen LogP contribution in [0.2, 0.25) is 0 Å². The fourth-order valence-corrected chi connectivity index (χ4v) is 3.75. The maximum Gasteiger partial charge on any atom is 0.119 e. The van der Waals surface area contributed by atoms with Gasteiger partial charge in [0.15, 0.2) is 0 Å². The molecule has 26 heavy (non-hydrogen) atoms. The molecule has 148 valence electrons. The SMILES string of the molecule is CC(C)CCCC(C)Oc1ccc(CC[C@@](N)(CO)CC2CCC2)cc1. The quantitative estimate of drug-likeness (QED) is 0.545. The zero-order valence-electron chi connectivity index (χ0n) is 17.0. The van der Waals surface area contributed by atoms with Crippen LogP contribution in [0.25, 0.3) is 0 Å². The number of benzene rings is 1. The van der Waals surface area contributed by atoms with Gasteiger partial charge in [0.05, 0.1) is 12.7 Å². The fraction of sp³-hybridized carbons (Fsp3) is 0.739. The Morgan fingerprint density at radius 2 is 1.85 bits per heavy atom. The summed E-state index contributed by atoms with van der Waals surface area (Å²) in [4.78, 5) is 0. The maximum atomic E-state index is 9.74. The van der Waals surface area contributed by atoms with E-state index >= 15 is 0 Å². The number of aliphatic hydroxyl groups is 1. The Bertz CT molecular complexity index is 509. The van der Waals surface area contributed by atoms with Gasteiger partial charge in [0.25, 0.3) is 0 Å². The molecule has 0 spiro atoms. The summed E-state index contributed by atoms with van der Waals surface area (Å²) in [6.07, 6.45) is 10.4. The molecule has 3 N–H and O–H groups in total. The van der Waals surface area contributed by atoms with Crippen molar-refractivity contribution in [2.45, 2.75) is 90.2 Å². The largest absolute Gasteiger partial charge is 0.491 e. The van der Waals surface area contributed by atoms with Crippen LogP contribution in [0.5, 0.6) is 5.75 Å². The molecule has 1 aliphatic carbocycles. The van der Waals surface area contributed by atoms with Crippen molar-refractivity contribution in [3.63, 3.8) is 0 Å². The van der Waals surface area contributed by atoms with E-state index < -0.39 is 5.54 Å². The minimum Gasteiger partial charge on any atom is -0.491 e. The Hall–Kier alpha value is -1.06. The van der Waals surface area contributed by atoms with Gasteiger partial charge in [-0.25, -0.2) is 0 Å². The highest BCUT2D eigenvalue weighted by molar-refractivity contribution is 5.27. The Morgan fingerprint density at radius 3 is 2.38 bits per heavy atom. The molecule has 0 amide bonds. The van der Waals surface area contributed by atoms with Crippen molar-refractivity contribution in [3.8, 4) is 5.75 Å². The van der Waals surface area contributed by atoms with Crippen molar-refractivity contribution in [2.24, 2.45) is 17.6 Å². The molecule has 3 heteroatoms. The first-order chi connectivity index (χ1) is 12.4. The topological polar surface area (TPSA) is 55.5 Å². The predicted octanol–water partition coefficient (Wildman–Crippen LogP) is 5.09. The lowest BCUT2D eigenvalue weighted by atomic mass is 9.75. The summed E-state index contributed by atoms with van der Waals surface area (Å²) in [5, 5.41) is 9.74. The molecule has 0 radical (unpaired) electrons. The highest BCUT2D eigenvalue weighted by Crippen LogP contribution is 2.34. The van der Waals surface area contributed by atoms with Gasteiger partial charge in [0, 0.05) is 5.54 Å². The second-order valence-corrected chi connectivity index (χ2v) is 8.92. The molecule has 1 aliphatic rings. The van der Waals surface area contributed by atoms with E-state index in [1.807, 2.05) is 0 Å². The van der Waals surface area contributed by atoms with Gasteiger partial charge in [-0.3, -0.25) is 0 Å². The van der Waals surface area contributed by atoms with Crippen molar-refractivity contribution in [1.82, 2.24) is 0 Å². The van der Waals surface area contributed by atoms with Crippen LogP contribution in [0.1, 0.15) is 77.7 Å². The third-order valence-electron chi connectivity index (χ3n) is 5.80. The van der Waals surface area contributed by atoms with E-state index in [0.29, 0.717) is 0 Å². The molecule has 1 fully saturated rings. The second kappa shape index (κ2) is 10.3. The van der Waals surface area contributed by atoms with E-state index in [1.165, 1.54) is 37.7 Å². The number of nitrogens with two attached hydrogens (primary N) is 1. The zero-order chi connectivity index (χ0) is 19.0. The van der Waals surface area contributed by atoms with Crippen LogP contribution in [-0.2, 0) is 6.42 Å². The molecular formula is C23H39NO2. The van der Waals surface area contributed by atoms with E-state index in [9.17, 15) is 5.11 Å². The lowest BCUT2D eigenvalue weighted by Crippen LogP contribution is -2.46. The summed E-state index contributed by atoms with van der Waals surface area (Å²) in [5.41, 5.74) is 7.28. The van der Waals surface area contributed by atoms with Crippen LogP contribution in [-0.4, -0.2) is 23.4 Å². The first-order valence-corrected chi connectivity index (χ1v) is 10.6. The Balaban J connectivity index is 1.75. The van der Waals surface area contributed by atoms with Crippen LogP contribution in [0.15, 0.2) is 24.3 Å². The van der Waals surface area contributed by atoms with Crippen LogP contribution in [0.3, 0.4) is 0 Å². The summed E-state index contributed by atoms with van der Waals surface area (Å²) in [6.45, 7) is 6.77. The van der Waals surface area contributed by atoms with Gasteiger partial charge in [-0.05, 0) is 68.6 Å². The third-order valence-corrected chi connectivity index (χ3v) is 5.80. The Morgan fingerprint density at radius 1 is 1.15 bits per heavy atom. The minimum absolute atomic E-state index is 0.0819. The molecule has 1 aromatic carbocycles. The van der Waals surface area contributed by atoms with Gasteiger partial charge in [-0.15, -0.1) is 0 Å². The zero-order valence-corrected chi connectivity index (χ0v) is 17.0. The average Bonchev–Trinajstić information content (AvgIpc) is 2.57. The number of aryl methyl sites for hydroxylation is 1. The molecule has 3 nitrogen and oxygen atoms in total.